The van der Waals surface area contributed by atoms with E-state index in [1.165, 1.54) is 24.5 Å². The number of carbonyl (C=O) groups excluding carboxylic acids is 1. The molecule has 0 aliphatic rings. The van der Waals surface area contributed by atoms with Crippen LogP contribution in [0.4, 0.5) is 8.78 Å². The Kier molecular flexibility index (Phi) is 6.05. The second kappa shape index (κ2) is 8.23. The zero-order valence-electron chi connectivity index (χ0n) is 16.1. The van der Waals surface area contributed by atoms with Crippen LogP contribution < -0.4 is 10.3 Å². The third-order valence-electron chi connectivity index (χ3n) is 4.05. The molecule has 11 heteroatoms. The number of pyridine rings is 2. The Morgan fingerprint density at radius 3 is 2.47 bits per heavy atom. The summed E-state index contributed by atoms with van der Waals surface area (Å²) in [6, 6.07) is 2.76. The second-order valence-corrected chi connectivity index (χ2v) is 8.10. The molecule has 0 unspecified atom stereocenters. The summed E-state index contributed by atoms with van der Waals surface area (Å²) in [4.78, 5) is 37.9. The molecule has 0 radical (unpaired) electrons. The van der Waals surface area contributed by atoms with Gasteiger partial charge in [0.05, 0.1) is 17.5 Å². The van der Waals surface area contributed by atoms with Crippen molar-refractivity contribution in [2.45, 2.75) is 33.7 Å². The van der Waals surface area contributed by atoms with Gasteiger partial charge in [0.15, 0.2) is 11.4 Å². The molecule has 0 atom stereocenters. The van der Waals surface area contributed by atoms with E-state index in [1.807, 2.05) is 0 Å². The van der Waals surface area contributed by atoms with Crippen molar-refractivity contribution < 1.29 is 18.3 Å². The molecule has 0 aliphatic carbocycles. The van der Waals surface area contributed by atoms with E-state index in [9.17, 15) is 18.4 Å². The van der Waals surface area contributed by atoms with Gasteiger partial charge < -0.3 is 4.74 Å². The van der Waals surface area contributed by atoms with Gasteiger partial charge in [-0.2, -0.15) is 0 Å². The number of halogens is 4. The van der Waals surface area contributed by atoms with Gasteiger partial charge >= 0.3 is 5.97 Å². The standard InChI is InChI=1S/C19H16Cl2F2N4O3/c1-19(2,3)18(29)30-14-12(9-4-5-10(20)26-15(9)21)17(28)27(8-11(22)23)16-13(14)24-6-7-25-16/h4-7,11H,8H2,1-3H3. The van der Waals surface area contributed by atoms with Crippen LogP contribution in [0.3, 0.4) is 0 Å². The summed E-state index contributed by atoms with van der Waals surface area (Å²) in [5.74, 6) is -0.903. The van der Waals surface area contributed by atoms with E-state index >= 15 is 0 Å². The molecule has 0 aliphatic heterocycles. The molecule has 0 bridgehead atoms. The minimum atomic E-state index is -2.84. The summed E-state index contributed by atoms with van der Waals surface area (Å²) in [5.41, 5.74) is -2.19. The molecule has 0 saturated carbocycles. The number of fused-ring (bicyclic) bond motifs is 1. The number of alkyl halides is 2. The predicted molar refractivity (Wildman–Crippen MR) is 108 cm³/mol. The van der Waals surface area contributed by atoms with Gasteiger partial charge in [-0.05, 0) is 32.9 Å². The summed E-state index contributed by atoms with van der Waals surface area (Å²) in [6.07, 6.45) is -0.308. The number of carbonyl (C=O) groups is 1. The van der Waals surface area contributed by atoms with Gasteiger partial charge in [0.25, 0.3) is 12.0 Å². The number of nitrogens with zero attached hydrogens (tertiary/aromatic N) is 4. The number of rotatable bonds is 4. The molecular formula is C19H16Cl2F2N4O3. The summed E-state index contributed by atoms with van der Waals surface area (Å²) >= 11 is 12.0. The van der Waals surface area contributed by atoms with Crippen LogP contribution in [-0.4, -0.2) is 31.9 Å². The molecule has 0 spiro atoms. The minimum Gasteiger partial charge on any atom is -0.423 e. The van der Waals surface area contributed by atoms with Gasteiger partial charge in [0.1, 0.15) is 15.8 Å². The first-order valence-corrected chi connectivity index (χ1v) is 9.46. The smallest absolute Gasteiger partial charge is 0.316 e. The zero-order chi connectivity index (χ0) is 22.2. The Balaban J connectivity index is 2.44. The average Bonchev–Trinajstić information content (AvgIpc) is 2.65. The van der Waals surface area contributed by atoms with Crippen molar-refractivity contribution in [3.63, 3.8) is 0 Å². The van der Waals surface area contributed by atoms with Gasteiger partial charge in [0.2, 0.25) is 0 Å². The highest BCUT2D eigenvalue weighted by Crippen LogP contribution is 2.37. The third-order valence-corrected chi connectivity index (χ3v) is 4.55. The SMILES string of the molecule is CC(C)(C)C(=O)Oc1c(-c2ccc(Cl)nc2Cl)c(=O)n(CC(F)F)c2nccnc12. The fourth-order valence-corrected chi connectivity index (χ4v) is 3.06. The number of hydrogen-bond acceptors (Lipinski definition) is 6. The molecule has 0 fully saturated rings. The third kappa shape index (κ3) is 4.27. The van der Waals surface area contributed by atoms with Gasteiger partial charge in [-0.3, -0.25) is 14.2 Å². The van der Waals surface area contributed by atoms with E-state index in [0.717, 1.165) is 4.57 Å². The van der Waals surface area contributed by atoms with E-state index in [2.05, 4.69) is 15.0 Å². The summed E-state index contributed by atoms with van der Waals surface area (Å²) in [7, 11) is 0. The minimum absolute atomic E-state index is 0.0450. The molecule has 158 valence electrons. The summed E-state index contributed by atoms with van der Waals surface area (Å²) in [6.45, 7) is 3.93. The van der Waals surface area contributed by atoms with Crippen LogP contribution in [0.5, 0.6) is 5.75 Å². The lowest BCUT2D eigenvalue weighted by Crippen LogP contribution is -2.30. The van der Waals surface area contributed by atoms with Crippen molar-refractivity contribution in [3.05, 3.63) is 45.2 Å². The molecule has 0 amide bonds. The Labute approximate surface area is 179 Å². The first-order chi connectivity index (χ1) is 14.0. The van der Waals surface area contributed by atoms with E-state index in [0.29, 0.717) is 0 Å². The summed E-state index contributed by atoms with van der Waals surface area (Å²) in [5, 5.41) is -0.107. The maximum absolute atomic E-state index is 13.3. The molecule has 0 N–H and O–H groups in total. The van der Waals surface area contributed by atoms with Gasteiger partial charge in [-0.25, -0.2) is 23.7 Å². The lowest BCUT2D eigenvalue weighted by molar-refractivity contribution is -0.142. The highest BCUT2D eigenvalue weighted by molar-refractivity contribution is 6.34. The molecule has 3 aromatic rings. The number of aromatic nitrogens is 4. The molecular weight excluding hydrogens is 441 g/mol. The molecule has 3 heterocycles. The number of hydrogen-bond donors (Lipinski definition) is 0. The fourth-order valence-electron chi connectivity index (χ4n) is 2.62. The maximum atomic E-state index is 13.3. The molecule has 0 saturated heterocycles. The molecule has 3 aromatic heterocycles. The van der Waals surface area contributed by atoms with Crippen LogP contribution in [0.1, 0.15) is 20.8 Å². The normalized spacial score (nSPS) is 11.9. The predicted octanol–water partition coefficient (Wildman–Crippen LogP) is 4.38. The van der Waals surface area contributed by atoms with Crippen LogP contribution >= 0.6 is 23.2 Å². The maximum Gasteiger partial charge on any atom is 0.316 e. The van der Waals surface area contributed by atoms with Crippen molar-refractivity contribution in [1.82, 2.24) is 19.5 Å². The number of esters is 1. The van der Waals surface area contributed by atoms with Crippen molar-refractivity contribution in [3.8, 4) is 16.9 Å². The lowest BCUT2D eigenvalue weighted by Gasteiger charge is -2.20. The highest BCUT2D eigenvalue weighted by atomic mass is 35.5. The van der Waals surface area contributed by atoms with Crippen molar-refractivity contribution in [2.24, 2.45) is 5.41 Å². The van der Waals surface area contributed by atoms with Crippen LogP contribution in [0.25, 0.3) is 22.3 Å². The highest BCUT2D eigenvalue weighted by Gasteiger charge is 2.30. The zero-order valence-corrected chi connectivity index (χ0v) is 17.6. The average molecular weight is 457 g/mol. The molecule has 3 rings (SSSR count). The molecule has 0 aromatic carbocycles. The topological polar surface area (TPSA) is 87.0 Å². The first kappa shape index (κ1) is 22.0. The quantitative estimate of drug-likeness (QED) is 0.427. The van der Waals surface area contributed by atoms with Crippen LogP contribution in [0.2, 0.25) is 10.3 Å². The Morgan fingerprint density at radius 2 is 1.87 bits per heavy atom. The second-order valence-electron chi connectivity index (χ2n) is 7.35. The van der Waals surface area contributed by atoms with Gasteiger partial charge in [-0.15, -0.1) is 0 Å². The van der Waals surface area contributed by atoms with Gasteiger partial charge in [0, 0.05) is 18.0 Å². The number of ether oxygens (including phenoxy) is 1. The summed E-state index contributed by atoms with van der Waals surface area (Å²) < 4.78 is 32.7. The van der Waals surface area contributed by atoms with E-state index in [4.69, 9.17) is 27.9 Å². The molecule has 7 nitrogen and oxygen atoms in total. The van der Waals surface area contributed by atoms with E-state index in [-0.39, 0.29) is 38.3 Å². The van der Waals surface area contributed by atoms with Crippen LogP contribution in [0.15, 0.2) is 29.3 Å². The Hall–Kier alpha value is -2.65. The van der Waals surface area contributed by atoms with Crippen LogP contribution in [-0.2, 0) is 11.3 Å². The Morgan fingerprint density at radius 1 is 1.20 bits per heavy atom. The Bertz CT molecular complexity index is 1190. The fraction of sp³-hybridized carbons (Fsp3) is 0.316. The first-order valence-electron chi connectivity index (χ1n) is 8.71. The monoisotopic (exact) mass is 456 g/mol. The lowest BCUT2D eigenvalue weighted by atomic mass is 9.97. The van der Waals surface area contributed by atoms with E-state index in [1.54, 1.807) is 20.8 Å². The van der Waals surface area contributed by atoms with Crippen LogP contribution in [0, 0.1) is 5.41 Å². The van der Waals surface area contributed by atoms with E-state index < -0.39 is 29.9 Å². The largest absolute Gasteiger partial charge is 0.423 e. The van der Waals surface area contributed by atoms with Crippen molar-refractivity contribution in [2.75, 3.05) is 0 Å². The van der Waals surface area contributed by atoms with Gasteiger partial charge in [-0.1, -0.05) is 23.2 Å². The molecule has 30 heavy (non-hydrogen) atoms. The van der Waals surface area contributed by atoms with Crippen molar-refractivity contribution in [1.29, 1.82) is 0 Å². The van der Waals surface area contributed by atoms with Crippen molar-refractivity contribution >= 4 is 40.3 Å².